The van der Waals surface area contributed by atoms with Gasteiger partial charge in [-0.2, -0.15) is 0 Å². The molecular weight excluding hydrogens is 272 g/mol. The van der Waals surface area contributed by atoms with Crippen LogP contribution in [0.1, 0.15) is 25.7 Å². The van der Waals surface area contributed by atoms with Gasteiger partial charge in [-0.1, -0.05) is 12.8 Å². The summed E-state index contributed by atoms with van der Waals surface area (Å²) in [5, 5.41) is 0. The third-order valence-electron chi connectivity index (χ3n) is 2.04. The Morgan fingerprint density at radius 1 is 1.33 bits per heavy atom. The Labute approximate surface area is 88.8 Å². The van der Waals surface area contributed by atoms with Crippen LogP contribution in [0.15, 0.2) is 4.99 Å². The molecule has 1 aliphatic carbocycles. The summed E-state index contributed by atoms with van der Waals surface area (Å²) in [6.07, 6.45) is 3.11. The lowest BCUT2D eigenvalue weighted by atomic mass is 10.1. The van der Waals surface area contributed by atoms with Crippen molar-refractivity contribution < 1.29 is 4.39 Å². The average molecular weight is 287 g/mol. The fraction of sp³-hybridized carbons (Fsp3) is 0.857. The number of aliphatic imine (C=N–C) groups is 1. The Kier molecular flexibility index (Phi) is 4.81. The van der Waals surface area contributed by atoms with Crippen LogP contribution in [0.5, 0.6) is 0 Å². The highest BCUT2D eigenvalue weighted by Gasteiger charge is 2.33. The van der Waals surface area contributed by atoms with Crippen LogP contribution < -0.4 is 11.5 Å². The van der Waals surface area contributed by atoms with E-state index in [1.54, 1.807) is 0 Å². The quantitative estimate of drug-likeness (QED) is 0.455. The fourth-order valence-electron chi connectivity index (χ4n) is 1.40. The van der Waals surface area contributed by atoms with Crippen LogP contribution in [0.3, 0.4) is 0 Å². The molecule has 1 aliphatic rings. The molecule has 5 heteroatoms. The Bertz CT molecular complexity index is 162. The highest BCUT2D eigenvalue weighted by atomic mass is 127. The predicted molar refractivity (Wildman–Crippen MR) is 58.4 cm³/mol. The zero-order chi connectivity index (χ0) is 8.32. The summed E-state index contributed by atoms with van der Waals surface area (Å²) in [6.45, 7) is 0.134. The molecule has 0 aromatic heterocycles. The lowest BCUT2D eigenvalue weighted by Crippen LogP contribution is -2.28. The van der Waals surface area contributed by atoms with Crippen molar-refractivity contribution in [2.45, 2.75) is 31.4 Å². The van der Waals surface area contributed by atoms with E-state index in [4.69, 9.17) is 11.5 Å². The third-order valence-corrected chi connectivity index (χ3v) is 2.04. The van der Waals surface area contributed by atoms with E-state index >= 15 is 0 Å². The maximum atomic E-state index is 13.5. The maximum absolute atomic E-state index is 13.5. The summed E-state index contributed by atoms with van der Waals surface area (Å²) in [5.74, 6) is -0.0195. The van der Waals surface area contributed by atoms with E-state index in [0.29, 0.717) is 12.8 Å². The Hall–Kier alpha value is -0.0700. The smallest absolute Gasteiger partial charge is 0.186 e. The number of hydrogen-bond acceptors (Lipinski definition) is 1. The average Bonchev–Trinajstić information content (AvgIpc) is 2.33. The first-order chi connectivity index (χ1) is 5.12. The van der Waals surface area contributed by atoms with Crippen molar-refractivity contribution in [2.24, 2.45) is 16.5 Å². The van der Waals surface area contributed by atoms with Crippen LogP contribution in [0.2, 0.25) is 0 Å². The fourth-order valence-corrected chi connectivity index (χ4v) is 1.40. The van der Waals surface area contributed by atoms with Crippen molar-refractivity contribution in [1.82, 2.24) is 0 Å². The number of alkyl halides is 1. The van der Waals surface area contributed by atoms with Gasteiger partial charge >= 0.3 is 0 Å². The van der Waals surface area contributed by atoms with E-state index in [0.717, 1.165) is 12.8 Å². The van der Waals surface area contributed by atoms with Crippen LogP contribution in [-0.4, -0.2) is 18.2 Å². The van der Waals surface area contributed by atoms with Gasteiger partial charge in [0.25, 0.3) is 0 Å². The SMILES string of the molecule is I.NC(N)=NCC1(F)CCCC1. The lowest BCUT2D eigenvalue weighted by molar-refractivity contribution is 0.184. The maximum Gasteiger partial charge on any atom is 0.186 e. The van der Waals surface area contributed by atoms with Gasteiger partial charge in [-0.3, -0.25) is 4.99 Å². The first-order valence-corrected chi connectivity index (χ1v) is 3.87. The van der Waals surface area contributed by atoms with Gasteiger partial charge in [-0.15, -0.1) is 24.0 Å². The van der Waals surface area contributed by atoms with Crippen LogP contribution in [-0.2, 0) is 0 Å². The zero-order valence-electron chi connectivity index (χ0n) is 6.92. The minimum atomic E-state index is -1.12. The molecule has 0 atom stereocenters. The van der Waals surface area contributed by atoms with Gasteiger partial charge < -0.3 is 11.5 Å². The van der Waals surface area contributed by atoms with Crippen LogP contribution in [0.4, 0.5) is 4.39 Å². The molecule has 0 bridgehead atoms. The Balaban J connectivity index is 0.00000121. The molecule has 0 amide bonds. The van der Waals surface area contributed by atoms with Gasteiger partial charge in [0.15, 0.2) is 5.96 Å². The summed E-state index contributed by atoms with van der Waals surface area (Å²) in [7, 11) is 0. The van der Waals surface area contributed by atoms with Gasteiger partial charge in [0.1, 0.15) is 5.67 Å². The molecule has 4 N–H and O–H groups in total. The molecule has 72 valence electrons. The molecule has 0 aromatic rings. The van der Waals surface area contributed by atoms with E-state index in [2.05, 4.69) is 4.99 Å². The Morgan fingerprint density at radius 3 is 2.25 bits per heavy atom. The highest BCUT2D eigenvalue weighted by molar-refractivity contribution is 14.0. The summed E-state index contributed by atoms with van der Waals surface area (Å²) in [4.78, 5) is 3.68. The second-order valence-electron chi connectivity index (χ2n) is 3.10. The van der Waals surface area contributed by atoms with Gasteiger partial charge in [0.05, 0.1) is 6.54 Å². The molecule has 12 heavy (non-hydrogen) atoms. The largest absolute Gasteiger partial charge is 0.370 e. The summed E-state index contributed by atoms with van der Waals surface area (Å²) < 4.78 is 13.5. The lowest BCUT2D eigenvalue weighted by Gasteiger charge is -2.15. The van der Waals surface area contributed by atoms with Gasteiger partial charge in [-0.25, -0.2) is 4.39 Å². The van der Waals surface area contributed by atoms with E-state index in [1.807, 2.05) is 0 Å². The van der Waals surface area contributed by atoms with Crippen molar-refractivity contribution in [2.75, 3.05) is 6.54 Å². The van der Waals surface area contributed by atoms with Crippen LogP contribution >= 0.6 is 24.0 Å². The molecule has 0 heterocycles. The predicted octanol–water partition coefficient (Wildman–Crippen LogP) is 1.16. The van der Waals surface area contributed by atoms with E-state index in [9.17, 15) is 4.39 Å². The molecule has 0 aromatic carbocycles. The van der Waals surface area contributed by atoms with Crippen molar-refractivity contribution >= 4 is 29.9 Å². The van der Waals surface area contributed by atoms with E-state index < -0.39 is 5.67 Å². The molecule has 1 fully saturated rings. The molecular formula is C7H15FIN3. The van der Waals surface area contributed by atoms with E-state index in [-0.39, 0.29) is 36.5 Å². The van der Waals surface area contributed by atoms with Crippen molar-refractivity contribution in [3.05, 3.63) is 0 Å². The van der Waals surface area contributed by atoms with Gasteiger partial charge in [0.2, 0.25) is 0 Å². The van der Waals surface area contributed by atoms with Crippen LogP contribution in [0.25, 0.3) is 0 Å². The third kappa shape index (κ3) is 3.55. The molecule has 0 saturated heterocycles. The monoisotopic (exact) mass is 287 g/mol. The Morgan fingerprint density at radius 2 is 1.83 bits per heavy atom. The molecule has 1 rings (SSSR count). The zero-order valence-corrected chi connectivity index (χ0v) is 9.25. The molecule has 3 nitrogen and oxygen atoms in total. The number of guanidine groups is 1. The molecule has 0 aliphatic heterocycles. The molecule has 1 saturated carbocycles. The number of rotatable bonds is 2. The van der Waals surface area contributed by atoms with Gasteiger partial charge in [0, 0.05) is 0 Å². The second kappa shape index (κ2) is 4.84. The summed E-state index contributed by atoms with van der Waals surface area (Å²) >= 11 is 0. The van der Waals surface area contributed by atoms with Crippen LogP contribution in [0, 0.1) is 0 Å². The summed E-state index contributed by atoms with van der Waals surface area (Å²) in [5.41, 5.74) is 9.06. The first kappa shape index (κ1) is 11.9. The molecule has 0 spiro atoms. The van der Waals surface area contributed by atoms with E-state index in [1.165, 1.54) is 0 Å². The molecule has 0 radical (unpaired) electrons. The second-order valence-corrected chi connectivity index (χ2v) is 3.10. The normalized spacial score (nSPS) is 19.8. The van der Waals surface area contributed by atoms with Crippen molar-refractivity contribution in [3.63, 3.8) is 0 Å². The standard InChI is InChI=1S/C7H14FN3.HI/c8-7(3-1-2-4-7)5-11-6(9)10;/h1-5H2,(H4,9,10,11);1H. The van der Waals surface area contributed by atoms with Crippen molar-refractivity contribution in [3.8, 4) is 0 Å². The number of nitrogens with zero attached hydrogens (tertiary/aromatic N) is 1. The minimum Gasteiger partial charge on any atom is -0.370 e. The first-order valence-electron chi connectivity index (χ1n) is 3.87. The highest BCUT2D eigenvalue weighted by Crippen LogP contribution is 2.33. The molecule has 0 unspecified atom stereocenters. The number of nitrogens with two attached hydrogens (primary N) is 2. The minimum absolute atomic E-state index is 0. The van der Waals surface area contributed by atoms with Crippen molar-refractivity contribution in [1.29, 1.82) is 0 Å². The summed E-state index contributed by atoms with van der Waals surface area (Å²) in [6, 6.07) is 0. The topological polar surface area (TPSA) is 64.4 Å². The number of halogens is 2. The number of hydrogen-bond donors (Lipinski definition) is 2. The van der Waals surface area contributed by atoms with Gasteiger partial charge in [-0.05, 0) is 12.8 Å².